The second-order valence-corrected chi connectivity index (χ2v) is 11.2. The number of thiophene rings is 1. The lowest BCUT2D eigenvalue weighted by Gasteiger charge is -2.36. The molecule has 1 spiro atoms. The third-order valence-electron chi connectivity index (χ3n) is 7.90. The van der Waals surface area contributed by atoms with Crippen LogP contribution < -0.4 is 10.6 Å². The third kappa shape index (κ3) is 3.92. The predicted molar refractivity (Wildman–Crippen MR) is 123 cm³/mol. The Morgan fingerprint density at radius 1 is 1.31 bits per heavy atom. The van der Waals surface area contributed by atoms with Crippen molar-refractivity contribution >= 4 is 34.2 Å². The van der Waals surface area contributed by atoms with Gasteiger partial charge >= 0.3 is 6.03 Å². The highest BCUT2D eigenvalue weighted by Gasteiger charge is 2.51. The Bertz CT molecular complexity index is 984. The van der Waals surface area contributed by atoms with Crippen molar-refractivity contribution in [1.29, 1.82) is 5.26 Å². The zero-order chi connectivity index (χ0) is 23.1. The van der Waals surface area contributed by atoms with Gasteiger partial charge in [-0.25, -0.2) is 4.79 Å². The van der Waals surface area contributed by atoms with Crippen LogP contribution in [-0.4, -0.2) is 34.8 Å². The van der Waals surface area contributed by atoms with E-state index in [1.54, 1.807) is 0 Å². The fraction of sp³-hybridized carbons (Fsp3) is 0.667. The number of nitrogens with one attached hydrogen (secondary N) is 2. The summed E-state index contributed by atoms with van der Waals surface area (Å²) in [6, 6.07) is 1.77. The van der Waals surface area contributed by atoms with Crippen molar-refractivity contribution < 1.29 is 14.4 Å². The summed E-state index contributed by atoms with van der Waals surface area (Å²) in [5.41, 5.74) is 0.978. The van der Waals surface area contributed by atoms with Crippen molar-refractivity contribution in [3.63, 3.8) is 0 Å². The molecule has 0 unspecified atom stereocenters. The van der Waals surface area contributed by atoms with Crippen molar-refractivity contribution in [2.24, 2.45) is 11.3 Å². The first-order chi connectivity index (χ1) is 15.2. The average molecular weight is 457 g/mol. The van der Waals surface area contributed by atoms with Crippen molar-refractivity contribution in [3.8, 4) is 6.07 Å². The molecule has 1 atom stereocenters. The van der Waals surface area contributed by atoms with Crippen molar-refractivity contribution in [1.82, 2.24) is 10.2 Å². The van der Waals surface area contributed by atoms with Gasteiger partial charge in [0.2, 0.25) is 5.91 Å². The summed E-state index contributed by atoms with van der Waals surface area (Å²) in [5, 5.41) is 16.0. The van der Waals surface area contributed by atoms with Crippen molar-refractivity contribution in [2.45, 2.75) is 84.1 Å². The maximum Gasteiger partial charge on any atom is 0.325 e. The Morgan fingerprint density at radius 3 is 2.69 bits per heavy atom. The number of anilines is 1. The highest BCUT2D eigenvalue weighted by Crippen LogP contribution is 2.45. The molecule has 2 N–H and O–H groups in total. The first-order valence-corrected chi connectivity index (χ1v) is 12.5. The van der Waals surface area contributed by atoms with E-state index in [9.17, 15) is 19.6 Å². The van der Waals surface area contributed by atoms with Gasteiger partial charge in [-0.1, -0.05) is 46.5 Å². The van der Waals surface area contributed by atoms with Crippen molar-refractivity contribution in [2.75, 3.05) is 11.9 Å². The van der Waals surface area contributed by atoms with E-state index in [4.69, 9.17) is 0 Å². The minimum atomic E-state index is -0.837. The summed E-state index contributed by atoms with van der Waals surface area (Å²) in [6.45, 7) is 6.47. The van der Waals surface area contributed by atoms with Crippen LogP contribution in [0.15, 0.2) is 0 Å². The van der Waals surface area contributed by atoms with Crippen LogP contribution in [0.2, 0.25) is 0 Å². The van der Waals surface area contributed by atoms with E-state index in [0.717, 1.165) is 55.4 Å². The molecule has 0 bridgehead atoms. The molecule has 1 aromatic rings. The summed E-state index contributed by atoms with van der Waals surface area (Å²) < 4.78 is 0. The number of nitriles is 1. The van der Waals surface area contributed by atoms with Crippen LogP contribution in [-0.2, 0) is 22.4 Å². The van der Waals surface area contributed by atoms with Crippen LogP contribution in [0.5, 0.6) is 0 Å². The minimum absolute atomic E-state index is 0.233. The molecule has 4 amide bonds. The Morgan fingerprint density at radius 2 is 2.03 bits per heavy atom. The maximum atomic E-state index is 12.9. The zero-order valence-electron chi connectivity index (χ0n) is 19.2. The molecule has 4 rings (SSSR count). The lowest BCUT2D eigenvalue weighted by Crippen LogP contribution is -2.48. The van der Waals surface area contributed by atoms with Gasteiger partial charge in [0.05, 0.1) is 5.56 Å². The van der Waals surface area contributed by atoms with Crippen LogP contribution in [0.25, 0.3) is 0 Å². The van der Waals surface area contributed by atoms with E-state index in [-0.39, 0.29) is 17.9 Å². The van der Waals surface area contributed by atoms with Gasteiger partial charge in [0.25, 0.3) is 5.91 Å². The number of carbonyl (C=O) groups is 3. The molecular weight excluding hydrogens is 424 g/mol. The van der Waals surface area contributed by atoms with Gasteiger partial charge in [0, 0.05) is 4.88 Å². The number of fused-ring (bicyclic) bond motifs is 1. The molecule has 1 saturated carbocycles. The number of carbonyl (C=O) groups excluding carboxylic acids is 3. The molecule has 2 heterocycles. The first-order valence-electron chi connectivity index (χ1n) is 11.7. The minimum Gasteiger partial charge on any atom is -0.323 e. The van der Waals surface area contributed by atoms with Gasteiger partial charge in [-0.3, -0.25) is 14.5 Å². The summed E-state index contributed by atoms with van der Waals surface area (Å²) in [4.78, 5) is 40.4. The Kier molecular flexibility index (Phi) is 6.06. The summed E-state index contributed by atoms with van der Waals surface area (Å²) in [7, 11) is 0. The van der Waals surface area contributed by atoms with Gasteiger partial charge in [-0.2, -0.15) is 5.26 Å². The van der Waals surface area contributed by atoms with Gasteiger partial charge in [-0.15, -0.1) is 11.3 Å². The van der Waals surface area contributed by atoms with E-state index in [1.807, 2.05) is 0 Å². The Labute approximate surface area is 193 Å². The monoisotopic (exact) mass is 456 g/mol. The smallest absolute Gasteiger partial charge is 0.323 e. The van der Waals surface area contributed by atoms with Crippen LogP contribution in [0, 0.1) is 22.7 Å². The van der Waals surface area contributed by atoms with Crippen LogP contribution >= 0.6 is 11.3 Å². The molecule has 8 heteroatoms. The van der Waals surface area contributed by atoms with Gasteiger partial charge < -0.3 is 10.6 Å². The number of urea groups is 1. The molecule has 0 aromatic carbocycles. The largest absolute Gasteiger partial charge is 0.325 e. The molecule has 2 aliphatic carbocycles. The highest BCUT2D eigenvalue weighted by molar-refractivity contribution is 7.16. The molecule has 3 aliphatic rings. The Hall–Kier alpha value is -2.40. The second kappa shape index (κ2) is 8.51. The summed E-state index contributed by atoms with van der Waals surface area (Å²) in [6.07, 6.45) is 8.00. The number of imide groups is 1. The first kappa shape index (κ1) is 22.8. The normalized spacial score (nSPS) is 22.4. The molecule has 32 heavy (non-hydrogen) atoms. The average Bonchev–Trinajstić information content (AvgIpc) is 3.23. The van der Waals surface area contributed by atoms with Crippen molar-refractivity contribution in [3.05, 3.63) is 16.0 Å². The standard InChI is InChI=1S/C24H32N4O3S/c1-4-23(2,3)15-8-9-16-17(13-25)20(32-18(16)12-15)26-19(29)14-28-21(30)24(27-22(28)31)10-6-5-7-11-24/h15H,4-12,14H2,1-3H3,(H,26,29)(H,27,31)/t15-/m0/s1. The van der Waals surface area contributed by atoms with E-state index in [1.165, 1.54) is 16.2 Å². The Balaban J connectivity index is 1.47. The quantitative estimate of drug-likeness (QED) is 0.643. The molecule has 7 nitrogen and oxygen atoms in total. The van der Waals surface area contributed by atoms with E-state index < -0.39 is 17.5 Å². The van der Waals surface area contributed by atoms with Crippen LogP contribution in [0.1, 0.15) is 81.7 Å². The summed E-state index contributed by atoms with van der Waals surface area (Å²) >= 11 is 1.47. The van der Waals surface area contributed by atoms with E-state index in [2.05, 4.69) is 37.5 Å². The maximum absolute atomic E-state index is 12.9. The molecule has 172 valence electrons. The lowest BCUT2D eigenvalue weighted by molar-refractivity contribution is -0.134. The highest BCUT2D eigenvalue weighted by atomic mass is 32.1. The molecule has 2 fully saturated rings. The van der Waals surface area contributed by atoms with Crippen LogP contribution in [0.3, 0.4) is 0 Å². The predicted octanol–water partition coefficient (Wildman–Crippen LogP) is 4.35. The van der Waals surface area contributed by atoms with E-state index in [0.29, 0.717) is 29.3 Å². The number of hydrogen-bond donors (Lipinski definition) is 2. The number of hydrogen-bond acceptors (Lipinski definition) is 5. The molecular formula is C24H32N4O3S. The molecule has 0 radical (unpaired) electrons. The summed E-state index contributed by atoms with van der Waals surface area (Å²) in [5.74, 6) is -0.193. The van der Waals surface area contributed by atoms with Crippen LogP contribution in [0.4, 0.5) is 9.80 Å². The second-order valence-electron chi connectivity index (χ2n) is 10.1. The topological polar surface area (TPSA) is 102 Å². The fourth-order valence-corrected chi connectivity index (χ4v) is 6.67. The van der Waals surface area contributed by atoms with E-state index >= 15 is 0 Å². The number of rotatable bonds is 5. The molecule has 1 aromatic heterocycles. The third-order valence-corrected chi connectivity index (χ3v) is 9.07. The number of nitrogens with zero attached hydrogens (tertiary/aromatic N) is 2. The van der Waals surface area contributed by atoms with Gasteiger partial charge in [0.1, 0.15) is 23.2 Å². The molecule has 1 aliphatic heterocycles. The fourth-order valence-electron chi connectivity index (χ4n) is 5.37. The number of amides is 4. The molecule has 1 saturated heterocycles. The van der Waals surface area contributed by atoms with Gasteiger partial charge in [-0.05, 0) is 49.0 Å². The SMILES string of the molecule is CCC(C)(C)[C@H]1CCc2c(sc(NC(=O)CN3C(=O)NC4(CCCCC4)C3=O)c2C#N)C1. The zero-order valence-corrected chi connectivity index (χ0v) is 20.0. The lowest BCUT2D eigenvalue weighted by atomic mass is 9.69. The van der Waals surface area contributed by atoms with Gasteiger partial charge in [0.15, 0.2) is 0 Å².